The largest absolute Gasteiger partial charge is 0.309 e. The quantitative estimate of drug-likeness (QED) is 0.792. The third-order valence-electron chi connectivity index (χ3n) is 3.35. The van der Waals surface area contributed by atoms with E-state index in [1.54, 1.807) is 0 Å². The minimum absolute atomic E-state index is 0.356. The molecular formula is C13H21N3. The molecular weight excluding hydrogens is 198 g/mol. The number of likely N-dealkylation sites (N-methyl/N-ethyl adjacent to an activating group) is 1. The van der Waals surface area contributed by atoms with Crippen molar-refractivity contribution in [2.45, 2.75) is 38.6 Å². The second kappa shape index (κ2) is 4.83. The molecule has 0 fully saturated rings. The molecule has 0 saturated heterocycles. The van der Waals surface area contributed by atoms with Crippen molar-refractivity contribution < 1.29 is 0 Å². The molecule has 0 spiro atoms. The predicted octanol–water partition coefficient (Wildman–Crippen LogP) is 2.49. The van der Waals surface area contributed by atoms with E-state index < -0.39 is 0 Å². The summed E-state index contributed by atoms with van der Waals surface area (Å²) in [6.07, 6.45) is 9.64. The molecule has 0 saturated carbocycles. The summed E-state index contributed by atoms with van der Waals surface area (Å²) in [4.78, 5) is 0. The molecule has 1 aliphatic rings. The minimum Gasteiger partial charge on any atom is -0.309 e. The Morgan fingerprint density at radius 2 is 2.25 bits per heavy atom. The van der Waals surface area contributed by atoms with Crippen LogP contribution in [0, 0.1) is 6.92 Å². The average molecular weight is 219 g/mol. The third-order valence-corrected chi connectivity index (χ3v) is 3.35. The molecule has 16 heavy (non-hydrogen) atoms. The van der Waals surface area contributed by atoms with Crippen LogP contribution < -0.4 is 5.32 Å². The molecule has 0 radical (unpaired) electrons. The van der Waals surface area contributed by atoms with Gasteiger partial charge in [0.1, 0.15) is 0 Å². The summed E-state index contributed by atoms with van der Waals surface area (Å²) in [5.41, 5.74) is 3.98. The van der Waals surface area contributed by atoms with E-state index in [0.717, 1.165) is 5.69 Å². The van der Waals surface area contributed by atoms with E-state index in [1.807, 2.05) is 18.8 Å². The molecule has 1 aliphatic carbocycles. The van der Waals surface area contributed by atoms with Gasteiger partial charge in [0.05, 0.1) is 11.7 Å². The lowest BCUT2D eigenvalue weighted by Crippen LogP contribution is -2.20. The summed E-state index contributed by atoms with van der Waals surface area (Å²) < 4.78 is 1.90. The number of aryl methyl sites for hydroxylation is 2. The zero-order chi connectivity index (χ0) is 11.5. The lowest BCUT2D eigenvalue weighted by molar-refractivity contribution is 0.591. The first-order valence-electron chi connectivity index (χ1n) is 6.08. The van der Waals surface area contributed by atoms with E-state index in [1.165, 1.54) is 36.8 Å². The van der Waals surface area contributed by atoms with Gasteiger partial charge < -0.3 is 5.32 Å². The molecule has 1 aromatic heterocycles. The van der Waals surface area contributed by atoms with Crippen LogP contribution in [0.3, 0.4) is 0 Å². The Morgan fingerprint density at radius 1 is 1.44 bits per heavy atom. The van der Waals surface area contributed by atoms with Crippen molar-refractivity contribution in [3.63, 3.8) is 0 Å². The van der Waals surface area contributed by atoms with Crippen molar-refractivity contribution in [2.75, 3.05) is 7.05 Å². The molecule has 3 heteroatoms. The van der Waals surface area contributed by atoms with Crippen LogP contribution in [0.15, 0.2) is 17.8 Å². The van der Waals surface area contributed by atoms with Crippen LogP contribution in [0.25, 0.3) is 0 Å². The Labute approximate surface area is 97.5 Å². The summed E-state index contributed by atoms with van der Waals surface area (Å²) in [5, 5.41) is 7.84. The van der Waals surface area contributed by atoms with Gasteiger partial charge in [0, 0.05) is 18.8 Å². The fraction of sp³-hybridized carbons (Fsp3) is 0.615. The fourth-order valence-corrected chi connectivity index (χ4v) is 2.57. The van der Waals surface area contributed by atoms with E-state index in [4.69, 9.17) is 0 Å². The maximum atomic E-state index is 4.42. The Kier molecular flexibility index (Phi) is 3.44. The van der Waals surface area contributed by atoms with Crippen LogP contribution in [0.4, 0.5) is 0 Å². The maximum absolute atomic E-state index is 4.42. The maximum Gasteiger partial charge on any atom is 0.0644 e. The van der Waals surface area contributed by atoms with Gasteiger partial charge in [0.15, 0.2) is 0 Å². The smallest absolute Gasteiger partial charge is 0.0644 e. The molecule has 0 bridgehead atoms. The molecule has 2 rings (SSSR count). The van der Waals surface area contributed by atoms with Gasteiger partial charge in [0.2, 0.25) is 0 Å². The number of nitrogens with zero attached hydrogens (tertiary/aromatic N) is 2. The van der Waals surface area contributed by atoms with Crippen molar-refractivity contribution in [1.82, 2.24) is 15.1 Å². The van der Waals surface area contributed by atoms with Gasteiger partial charge in [-0.05, 0) is 39.7 Å². The first-order valence-corrected chi connectivity index (χ1v) is 6.08. The number of hydrogen-bond donors (Lipinski definition) is 1. The first-order chi connectivity index (χ1) is 7.72. The van der Waals surface area contributed by atoms with Crippen LogP contribution >= 0.6 is 0 Å². The average Bonchev–Trinajstić information content (AvgIpc) is 2.61. The molecule has 1 unspecified atom stereocenters. The van der Waals surface area contributed by atoms with Gasteiger partial charge in [-0.1, -0.05) is 11.6 Å². The van der Waals surface area contributed by atoms with Gasteiger partial charge in [-0.15, -0.1) is 0 Å². The lowest BCUT2D eigenvalue weighted by atomic mass is 9.90. The van der Waals surface area contributed by atoms with Gasteiger partial charge >= 0.3 is 0 Å². The second-order valence-electron chi connectivity index (χ2n) is 4.59. The highest BCUT2D eigenvalue weighted by atomic mass is 15.3. The second-order valence-corrected chi connectivity index (χ2v) is 4.59. The summed E-state index contributed by atoms with van der Waals surface area (Å²) in [5.74, 6) is 0. The Bertz CT molecular complexity index is 390. The van der Waals surface area contributed by atoms with Crippen molar-refractivity contribution in [3.8, 4) is 0 Å². The van der Waals surface area contributed by atoms with Crippen molar-refractivity contribution in [2.24, 2.45) is 7.05 Å². The molecule has 1 aromatic rings. The lowest BCUT2D eigenvalue weighted by Gasteiger charge is -2.22. The van der Waals surface area contributed by atoms with Crippen LogP contribution in [0.5, 0.6) is 0 Å². The van der Waals surface area contributed by atoms with Gasteiger partial charge in [-0.3, -0.25) is 4.68 Å². The molecule has 0 aliphatic heterocycles. The molecule has 88 valence electrons. The summed E-state index contributed by atoms with van der Waals surface area (Å²) in [7, 11) is 4.02. The summed E-state index contributed by atoms with van der Waals surface area (Å²) in [6.45, 7) is 2.09. The SMILES string of the molecule is CNC(C1=CCCCC1)c1cn(C)nc1C. The molecule has 1 heterocycles. The van der Waals surface area contributed by atoms with Crippen LogP contribution in [-0.2, 0) is 7.05 Å². The molecule has 0 aromatic carbocycles. The summed E-state index contributed by atoms with van der Waals surface area (Å²) >= 11 is 0. The van der Waals surface area contributed by atoms with E-state index >= 15 is 0 Å². The molecule has 0 amide bonds. The van der Waals surface area contributed by atoms with Crippen LogP contribution in [-0.4, -0.2) is 16.8 Å². The zero-order valence-electron chi connectivity index (χ0n) is 10.5. The van der Waals surface area contributed by atoms with Crippen LogP contribution in [0.2, 0.25) is 0 Å². The highest BCUT2D eigenvalue weighted by Gasteiger charge is 2.19. The van der Waals surface area contributed by atoms with E-state index in [9.17, 15) is 0 Å². The van der Waals surface area contributed by atoms with Gasteiger partial charge in [-0.25, -0.2) is 0 Å². The highest BCUT2D eigenvalue weighted by molar-refractivity contribution is 5.30. The highest BCUT2D eigenvalue weighted by Crippen LogP contribution is 2.30. The number of hydrogen-bond acceptors (Lipinski definition) is 2. The number of nitrogens with one attached hydrogen (secondary N) is 1. The standard InChI is InChI=1S/C13H21N3/c1-10-12(9-16(3)15-10)13(14-2)11-7-5-4-6-8-11/h7,9,13-14H,4-6,8H2,1-3H3. The van der Waals surface area contributed by atoms with Crippen molar-refractivity contribution >= 4 is 0 Å². The molecule has 1 atom stereocenters. The van der Waals surface area contributed by atoms with Gasteiger partial charge in [0.25, 0.3) is 0 Å². The zero-order valence-corrected chi connectivity index (χ0v) is 10.5. The molecule has 1 N–H and O–H groups in total. The minimum atomic E-state index is 0.356. The topological polar surface area (TPSA) is 29.9 Å². The third kappa shape index (κ3) is 2.19. The van der Waals surface area contributed by atoms with Crippen molar-refractivity contribution in [3.05, 3.63) is 29.1 Å². The van der Waals surface area contributed by atoms with Crippen LogP contribution in [0.1, 0.15) is 43.0 Å². The summed E-state index contributed by atoms with van der Waals surface area (Å²) in [6, 6.07) is 0.356. The van der Waals surface area contributed by atoms with Crippen molar-refractivity contribution in [1.29, 1.82) is 0 Å². The predicted molar refractivity (Wildman–Crippen MR) is 66.3 cm³/mol. The van der Waals surface area contributed by atoms with E-state index in [0.29, 0.717) is 6.04 Å². The Morgan fingerprint density at radius 3 is 2.75 bits per heavy atom. The van der Waals surface area contributed by atoms with E-state index in [-0.39, 0.29) is 0 Å². The normalized spacial score (nSPS) is 18.3. The Balaban J connectivity index is 2.28. The van der Waals surface area contributed by atoms with Gasteiger partial charge in [-0.2, -0.15) is 5.10 Å². The van der Waals surface area contributed by atoms with E-state index in [2.05, 4.69) is 29.6 Å². The molecule has 3 nitrogen and oxygen atoms in total. The monoisotopic (exact) mass is 219 g/mol. The number of aromatic nitrogens is 2. The fourth-order valence-electron chi connectivity index (χ4n) is 2.57. The first kappa shape index (κ1) is 11.4. The number of allylic oxidation sites excluding steroid dienone is 1. The number of rotatable bonds is 3. The Hall–Kier alpha value is -1.09.